The van der Waals surface area contributed by atoms with Crippen molar-refractivity contribution in [1.29, 1.82) is 5.26 Å². The van der Waals surface area contributed by atoms with Crippen LogP contribution in [0.25, 0.3) is 27.8 Å². The first-order chi connectivity index (χ1) is 15.1. The van der Waals surface area contributed by atoms with Gasteiger partial charge in [0.25, 0.3) is 0 Å². The van der Waals surface area contributed by atoms with Gasteiger partial charge >= 0.3 is 5.63 Å². The molecule has 6 nitrogen and oxygen atoms in total. The predicted octanol–water partition coefficient (Wildman–Crippen LogP) is 6.05. The molecule has 1 N–H and O–H groups in total. The van der Waals surface area contributed by atoms with Gasteiger partial charge in [-0.05, 0) is 55.5 Å². The van der Waals surface area contributed by atoms with Crippen molar-refractivity contribution in [3.05, 3.63) is 80.0 Å². The maximum atomic E-state index is 12.4. The Labute approximate surface area is 190 Å². The van der Waals surface area contributed by atoms with Gasteiger partial charge in [0.2, 0.25) is 0 Å². The molecule has 0 saturated heterocycles. The van der Waals surface area contributed by atoms with E-state index in [0.717, 1.165) is 21.3 Å². The molecule has 0 aliphatic carbocycles. The zero-order valence-electron chi connectivity index (χ0n) is 16.4. The first-order valence-corrected chi connectivity index (χ1v) is 11.0. The average Bonchev–Trinajstić information content (AvgIpc) is 3.25. The Morgan fingerprint density at radius 1 is 1.29 bits per heavy atom. The van der Waals surface area contributed by atoms with E-state index in [2.05, 4.69) is 32.3 Å². The van der Waals surface area contributed by atoms with E-state index in [0.29, 0.717) is 34.0 Å². The summed E-state index contributed by atoms with van der Waals surface area (Å²) in [7, 11) is 0. The van der Waals surface area contributed by atoms with Crippen LogP contribution in [0.1, 0.15) is 11.9 Å². The minimum absolute atomic E-state index is 0.352. The molecule has 2 heterocycles. The second kappa shape index (κ2) is 9.16. The lowest BCUT2D eigenvalue weighted by molar-refractivity contribution is 0.340. The number of benzene rings is 2. The summed E-state index contributed by atoms with van der Waals surface area (Å²) in [5.74, 6) is 0.781. The normalized spacial score (nSPS) is 11.3. The van der Waals surface area contributed by atoms with E-state index in [1.807, 2.05) is 43.3 Å². The summed E-state index contributed by atoms with van der Waals surface area (Å²) >= 11 is 4.71. The third kappa shape index (κ3) is 4.68. The highest BCUT2D eigenvalue weighted by Crippen LogP contribution is 2.27. The molecule has 0 radical (unpaired) electrons. The Morgan fingerprint density at radius 3 is 2.84 bits per heavy atom. The van der Waals surface area contributed by atoms with Crippen LogP contribution in [0.4, 0.5) is 5.69 Å². The Balaban J connectivity index is 1.60. The fraction of sp³-hybridized carbons (Fsp3) is 0.0870. The van der Waals surface area contributed by atoms with E-state index in [1.165, 1.54) is 11.3 Å². The van der Waals surface area contributed by atoms with E-state index in [-0.39, 0.29) is 0 Å². The number of halogens is 1. The molecule has 4 aromatic rings. The molecule has 0 aliphatic heterocycles. The Kier molecular flexibility index (Phi) is 6.16. The van der Waals surface area contributed by atoms with Gasteiger partial charge in [-0.15, -0.1) is 11.3 Å². The fourth-order valence-electron chi connectivity index (χ4n) is 2.91. The van der Waals surface area contributed by atoms with Crippen molar-refractivity contribution in [1.82, 2.24) is 4.98 Å². The molecule has 0 aliphatic rings. The van der Waals surface area contributed by atoms with Crippen LogP contribution in [0, 0.1) is 11.3 Å². The van der Waals surface area contributed by atoms with Crippen molar-refractivity contribution in [2.75, 3.05) is 11.9 Å². The quantitative estimate of drug-likeness (QED) is 0.259. The molecule has 0 fully saturated rings. The third-order valence-corrected chi connectivity index (χ3v) is 5.74. The smallest absolute Gasteiger partial charge is 0.345 e. The number of nitrogens with one attached hydrogen (secondary N) is 1. The molecule has 0 amide bonds. The van der Waals surface area contributed by atoms with Gasteiger partial charge in [0.1, 0.15) is 28.0 Å². The molecule has 2 aromatic heterocycles. The van der Waals surface area contributed by atoms with Crippen LogP contribution in [0.3, 0.4) is 0 Å². The molecule has 0 atom stereocenters. The summed E-state index contributed by atoms with van der Waals surface area (Å²) < 4.78 is 11.7. The monoisotopic (exact) mass is 493 g/mol. The predicted molar refractivity (Wildman–Crippen MR) is 126 cm³/mol. The maximum Gasteiger partial charge on any atom is 0.345 e. The summed E-state index contributed by atoms with van der Waals surface area (Å²) in [5.41, 5.74) is 2.03. The number of hydrogen-bond donors (Lipinski definition) is 1. The molecule has 4 rings (SSSR count). The van der Waals surface area contributed by atoms with Crippen molar-refractivity contribution in [3.8, 4) is 23.1 Å². The van der Waals surface area contributed by atoms with Crippen molar-refractivity contribution >= 4 is 49.5 Å². The van der Waals surface area contributed by atoms with Crippen LogP contribution in [-0.2, 0) is 0 Å². The summed E-state index contributed by atoms with van der Waals surface area (Å²) in [4.78, 5) is 16.9. The molecule has 2 aromatic carbocycles. The zero-order valence-corrected chi connectivity index (χ0v) is 18.8. The highest BCUT2D eigenvalue weighted by molar-refractivity contribution is 9.10. The van der Waals surface area contributed by atoms with Gasteiger partial charge in [0.15, 0.2) is 0 Å². The van der Waals surface area contributed by atoms with Gasteiger partial charge in [0.05, 0.1) is 17.9 Å². The molecule has 0 bridgehead atoms. The number of rotatable bonds is 6. The largest absolute Gasteiger partial charge is 0.494 e. The van der Waals surface area contributed by atoms with E-state index in [4.69, 9.17) is 9.15 Å². The summed E-state index contributed by atoms with van der Waals surface area (Å²) in [5, 5.41) is 15.7. The van der Waals surface area contributed by atoms with Crippen LogP contribution in [0.5, 0.6) is 5.75 Å². The molecular formula is C23H16BrN3O3S. The number of nitriles is 1. The lowest BCUT2D eigenvalue weighted by atomic mass is 10.1. The Hall–Kier alpha value is -3.41. The van der Waals surface area contributed by atoms with Crippen LogP contribution >= 0.6 is 27.3 Å². The standard InChI is InChI=1S/C23H16BrN3O3S/c1-2-29-18-6-4-17(5-7-18)26-12-15(11-25)22-27-20(13-31-22)19-10-14-9-16(24)3-8-21(14)30-23(19)28/h3-10,12-13,26H,2H2,1H3. The Morgan fingerprint density at radius 2 is 2.10 bits per heavy atom. The van der Waals surface area contributed by atoms with Crippen LogP contribution in [0.15, 0.2) is 73.8 Å². The zero-order chi connectivity index (χ0) is 21.8. The van der Waals surface area contributed by atoms with E-state index in [1.54, 1.807) is 23.7 Å². The fourth-order valence-corrected chi connectivity index (χ4v) is 4.07. The van der Waals surface area contributed by atoms with Crippen molar-refractivity contribution in [2.24, 2.45) is 0 Å². The van der Waals surface area contributed by atoms with E-state index in [9.17, 15) is 10.1 Å². The minimum atomic E-state index is -0.471. The number of ether oxygens (including phenoxy) is 1. The van der Waals surface area contributed by atoms with Crippen molar-refractivity contribution < 1.29 is 9.15 Å². The molecule has 154 valence electrons. The SMILES string of the molecule is CCOc1ccc(NC=C(C#N)c2nc(-c3cc4cc(Br)ccc4oc3=O)cs2)cc1. The van der Waals surface area contributed by atoms with Crippen LogP contribution in [0.2, 0.25) is 0 Å². The summed E-state index contributed by atoms with van der Waals surface area (Å²) in [6.45, 7) is 2.53. The minimum Gasteiger partial charge on any atom is -0.494 e. The van der Waals surface area contributed by atoms with Crippen LogP contribution < -0.4 is 15.7 Å². The first kappa shape index (κ1) is 20.8. The lowest BCUT2D eigenvalue weighted by Gasteiger charge is -2.05. The highest BCUT2D eigenvalue weighted by Gasteiger charge is 2.14. The number of nitrogens with zero attached hydrogens (tertiary/aromatic N) is 2. The van der Waals surface area contributed by atoms with Crippen LogP contribution in [-0.4, -0.2) is 11.6 Å². The molecule has 0 spiro atoms. The van der Waals surface area contributed by atoms with Gasteiger partial charge in [0, 0.05) is 27.1 Å². The number of aromatic nitrogens is 1. The highest BCUT2D eigenvalue weighted by atomic mass is 79.9. The van der Waals surface area contributed by atoms with Crippen molar-refractivity contribution in [2.45, 2.75) is 6.92 Å². The second-order valence-electron chi connectivity index (χ2n) is 6.44. The molecule has 0 saturated carbocycles. The van der Waals surface area contributed by atoms with Gasteiger partial charge < -0.3 is 14.5 Å². The molecule has 31 heavy (non-hydrogen) atoms. The molecule has 0 unspecified atom stereocenters. The first-order valence-electron chi connectivity index (χ1n) is 9.36. The second-order valence-corrected chi connectivity index (χ2v) is 8.21. The average molecular weight is 494 g/mol. The van der Waals surface area contributed by atoms with Gasteiger partial charge in [-0.25, -0.2) is 9.78 Å². The topological polar surface area (TPSA) is 88.2 Å². The maximum absolute atomic E-state index is 12.4. The summed E-state index contributed by atoms with van der Waals surface area (Å²) in [6, 6.07) is 16.8. The van der Waals surface area contributed by atoms with Crippen molar-refractivity contribution in [3.63, 3.8) is 0 Å². The number of hydrogen-bond acceptors (Lipinski definition) is 7. The van der Waals surface area contributed by atoms with Gasteiger partial charge in [-0.1, -0.05) is 15.9 Å². The summed E-state index contributed by atoms with van der Waals surface area (Å²) in [6.07, 6.45) is 1.60. The van der Waals surface area contributed by atoms with Gasteiger partial charge in [-0.3, -0.25) is 0 Å². The lowest BCUT2D eigenvalue weighted by Crippen LogP contribution is -2.03. The Bertz CT molecular complexity index is 1370. The number of anilines is 1. The molecule has 8 heteroatoms. The van der Waals surface area contributed by atoms with E-state index >= 15 is 0 Å². The van der Waals surface area contributed by atoms with Gasteiger partial charge in [-0.2, -0.15) is 5.26 Å². The molecular weight excluding hydrogens is 478 g/mol. The number of allylic oxidation sites excluding steroid dienone is 1. The number of fused-ring (bicyclic) bond motifs is 1. The third-order valence-electron chi connectivity index (χ3n) is 4.37. The van der Waals surface area contributed by atoms with E-state index < -0.39 is 5.63 Å². The number of thiazole rings is 1.